The molecule has 0 aromatic heterocycles. The van der Waals surface area contributed by atoms with Crippen molar-refractivity contribution < 1.29 is 9.84 Å². The Kier molecular flexibility index (Phi) is 5.84. The molecule has 1 rings (SSSR count). The number of phenols is 1. The fourth-order valence-corrected chi connectivity index (χ4v) is 1.99. The van der Waals surface area contributed by atoms with Crippen LogP contribution in [0.15, 0.2) is 18.2 Å². The molecule has 1 aromatic carbocycles. The summed E-state index contributed by atoms with van der Waals surface area (Å²) in [5, 5.41) is 9.72. The van der Waals surface area contributed by atoms with Crippen molar-refractivity contribution >= 4 is 0 Å². The van der Waals surface area contributed by atoms with Crippen LogP contribution in [-0.2, 0) is 6.54 Å². The standard InChI is InChI=1S/C14H23NO2/c1-4-8-15(9-5-2)11-12-6-7-14(17-3)13(16)10-12/h6-7,10,16H,4-5,8-9,11H2,1-3H3. The lowest BCUT2D eigenvalue weighted by atomic mass is 10.2. The minimum absolute atomic E-state index is 0.220. The molecule has 0 unspecified atom stereocenters. The summed E-state index contributed by atoms with van der Waals surface area (Å²) in [6.45, 7) is 7.46. The van der Waals surface area contributed by atoms with E-state index in [9.17, 15) is 5.11 Å². The van der Waals surface area contributed by atoms with Crippen LogP contribution in [0.4, 0.5) is 0 Å². The van der Waals surface area contributed by atoms with Crippen molar-refractivity contribution in [3.8, 4) is 11.5 Å². The molecule has 96 valence electrons. The predicted octanol–water partition coefficient (Wildman–Crippen LogP) is 3.02. The van der Waals surface area contributed by atoms with E-state index in [1.165, 1.54) is 0 Å². The van der Waals surface area contributed by atoms with E-state index >= 15 is 0 Å². The third-order valence-electron chi connectivity index (χ3n) is 2.73. The molecule has 0 amide bonds. The Morgan fingerprint density at radius 3 is 2.29 bits per heavy atom. The van der Waals surface area contributed by atoms with Gasteiger partial charge in [0.1, 0.15) is 0 Å². The fourth-order valence-electron chi connectivity index (χ4n) is 1.99. The summed E-state index contributed by atoms with van der Waals surface area (Å²) >= 11 is 0. The summed E-state index contributed by atoms with van der Waals surface area (Å²) in [6.07, 6.45) is 2.31. The minimum atomic E-state index is 0.220. The molecule has 0 heterocycles. The van der Waals surface area contributed by atoms with Crippen molar-refractivity contribution in [2.45, 2.75) is 33.2 Å². The molecular formula is C14H23NO2. The van der Waals surface area contributed by atoms with Gasteiger partial charge in [-0.15, -0.1) is 0 Å². The first-order valence-electron chi connectivity index (χ1n) is 6.29. The molecule has 3 nitrogen and oxygen atoms in total. The number of hydrogen-bond acceptors (Lipinski definition) is 3. The largest absolute Gasteiger partial charge is 0.504 e. The number of hydrogen-bond donors (Lipinski definition) is 1. The summed E-state index contributed by atoms with van der Waals surface area (Å²) in [5.41, 5.74) is 1.13. The number of rotatable bonds is 7. The highest BCUT2D eigenvalue weighted by atomic mass is 16.5. The topological polar surface area (TPSA) is 32.7 Å². The van der Waals surface area contributed by atoms with Crippen LogP contribution in [0.2, 0.25) is 0 Å². The van der Waals surface area contributed by atoms with Crippen molar-refractivity contribution in [1.29, 1.82) is 0 Å². The molecular weight excluding hydrogens is 214 g/mol. The number of benzene rings is 1. The first kappa shape index (κ1) is 13.8. The zero-order valence-corrected chi connectivity index (χ0v) is 11.1. The lowest BCUT2D eigenvalue weighted by Gasteiger charge is -2.21. The molecule has 3 heteroatoms. The van der Waals surface area contributed by atoms with E-state index in [1.807, 2.05) is 12.1 Å². The fraction of sp³-hybridized carbons (Fsp3) is 0.571. The quantitative estimate of drug-likeness (QED) is 0.791. The molecule has 1 aromatic rings. The lowest BCUT2D eigenvalue weighted by molar-refractivity contribution is 0.266. The van der Waals surface area contributed by atoms with Gasteiger partial charge >= 0.3 is 0 Å². The Morgan fingerprint density at radius 1 is 1.18 bits per heavy atom. The molecule has 0 aliphatic carbocycles. The van der Waals surface area contributed by atoms with Gasteiger partial charge in [0.05, 0.1) is 7.11 Å². The molecule has 0 bridgehead atoms. The van der Waals surface area contributed by atoms with Crippen LogP contribution in [0.5, 0.6) is 11.5 Å². The average molecular weight is 237 g/mol. The molecule has 0 saturated heterocycles. The van der Waals surface area contributed by atoms with E-state index in [1.54, 1.807) is 13.2 Å². The summed E-state index contributed by atoms with van der Waals surface area (Å²) in [4.78, 5) is 2.40. The number of methoxy groups -OCH3 is 1. The summed E-state index contributed by atoms with van der Waals surface area (Å²) in [7, 11) is 1.56. The average Bonchev–Trinajstić information content (AvgIpc) is 2.30. The van der Waals surface area contributed by atoms with Crippen LogP contribution < -0.4 is 4.74 Å². The Balaban J connectivity index is 2.68. The van der Waals surface area contributed by atoms with Crippen molar-refractivity contribution in [2.24, 2.45) is 0 Å². The van der Waals surface area contributed by atoms with Crippen LogP contribution in [0.3, 0.4) is 0 Å². The van der Waals surface area contributed by atoms with Crippen LogP contribution in [0.1, 0.15) is 32.3 Å². The van der Waals surface area contributed by atoms with E-state index < -0.39 is 0 Å². The number of phenolic OH excluding ortho intramolecular Hbond substituents is 1. The zero-order chi connectivity index (χ0) is 12.7. The molecule has 0 saturated carbocycles. The second-order valence-corrected chi connectivity index (χ2v) is 4.28. The number of nitrogens with zero attached hydrogens (tertiary/aromatic N) is 1. The van der Waals surface area contributed by atoms with Crippen molar-refractivity contribution in [3.05, 3.63) is 23.8 Å². The van der Waals surface area contributed by atoms with Gasteiger partial charge in [0.25, 0.3) is 0 Å². The molecule has 0 aliphatic heterocycles. The first-order valence-corrected chi connectivity index (χ1v) is 6.29. The van der Waals surface area contributed by atoms with E-state index in [2.05, 4.69) is 18.7 Å². The van der Waals surface area contributed by atoms with Gasteiger partial charge in [0, 0.05) is 6.54 Å². The summed E-state index contributed by atoms with van der Waals surface area (Å²) in [6, 6.07) is 5.62. The predicted molar refractivity (Wildman–Crippen MR) is 70.5 cm³/mol. The van der Waals surface area contributed by atoms with Crippen LogP contribution in [0.25, 0.3) is 0 Å². The number of ether oxygens (including phenoxy) is 1. The van der Waals surface area contributed by atoms with E-state index in [0.29, 0.717) is 5.75 Å². The Hall–Kier alpha value is -1.22. The number of aromatic hydroxyl groups is 1. The van der Waals surface area contributed by atoms with Gasteiger partial charge in [-0.05, 0) is 43.6 Å². The smallest absolute Gasteiger partial charge is 0.160 e. The Morgan fingerprint density at radius 2 is 1.82 bits per heavy atom. The van der Waals surface area contributed by atoms with Crippen molar-refractivity contribution in [2.75, 3.05) is 20.2 Å². The van der Waals surface area contributed by atoms with Gasteiger partial charge in [-0.2, -0.15) is 0 Å². The second-order valence-electron chi connectivity index (χ2n) is 4.28. The summed E-state index contributed by atoms with van der Waals surface area (Å²) in [5.74, 6) is 0.754. The first-order chi connectivity index (χ1) is 8.21. The van der Waals surface area contributed by atoms with Crippen molar-refractivity contribution in [1.82, 2.24) is 4.90 Å². The van der Waals surface area contributed by atoms with Gasteiger partial charge in [0.15, 0.2) is 11.5 Å². The highest BCUT2D eigenvalue weighted by molar-refractivity contribution is 5.41. The molecule has 0 atom stereocenters. The molecule has 0 fully saturated rings. The van der Waals surface area contributed by atoms with Crippen LogP contribution in [-0.4, -0.2) is 30.2 Å². The van der Waals surface area contributed by atoms with Gasteiger partial charge in [-0.3, -0.25) is 4.90 Å². The van der Waals surface area contributed by atoms with E-state index in [-0.39, 0.29) is 5.75 Å². The molecule has 17 heavy (non-hydrogen) atoms. The maximum absolute atomic E-state index is 9.72. The SMILES string of the molecule is CCCN(CCC)Cc1ccc(OC)c(O)c1. The molecule has 0 radical (unpaired) electrons. The Labute approximate surface area is 104 Å². The maximum atomic E-state index is 9.72. The highest BCUT2D eigenvalue weighted by Gasteiger charge is 2.07. The van der Waals surface area contributed by atoms with E-state index in [0.717, 1.165) is 38.0 Å². The molecule has 0 aliphatic rings. The van der Waals surface area contributed by atoms with Gasteiger partial charge in [-0.25, -0.2) is 0 Å². The summed E-state index contributed by atoms with van der Waals surface area (Å²) < 4.78 is 5.04. The van der Waals surface area contributed by atoms with Gasteiger partial charge in [0.2, 0.25) is 0 Å². The minimum Gasteiger partial charge on any atom is -0.504 e. The third-order valence-corrected chi connectivity index (χ3v) is 2.73. The second kappa shape index (κ2) is 7.17. The molecule has 0 spiro atoms. The van der Waals surface area contributed by atoms with Gasteiger partial charge < -0.3 is 9.84 Å². The van der Waals surface area contributed by atoms with E-state index in [4.69, 9.17) is 4.74 Å². The monoisotopic (exact) mass is 237 g/mol. The third kappa shape index (κ3) is 4.27. The molecule has 1 N–H and O–H groups in total. The lowest BCUT2D eigenvalue weighted by Crippen LogP contribution is -2.24. The van der Waals surface area contributed by atoms with Crippen molar-refractivity contribution in [3.63, 3.8) is 0 Å². The highest BCUT2D eigenvalue weighted by Crippen LogP contribution is 2.26. The normalized spacial score (nSPS) is 10.8. The van der Waals surface area contributed by atoms with Crippen LogP contribution in [0, 0.1) is 0 Å². The Bertz CT molecular complexity index is 333. The maximum Gasteiger partial charge on any atom is 0.160 e. The van der Waals surface area contributed by atoms with Crippen LogP contribution >= 0.6 is 0 Å². The zero-order valence-electron chi connectivity index (χ0n) is 11.1. The van der Waals surface area contributed by atoms with Gasteiger partial charge in [-0.1, -0.05) is 19.9 Å².